The Kier molecular flexibility index (Phi) is 5.79. The first-order valence-electron chi connectivity index (χ1n) is 8.43. The molecule has 8 heteroatoms. The molecule has 7 nitrogen and oxygen atoms in total. The van der Waals surface area contributed by atoms with Crippen LogP contribution < -0.4 is 19.7 Å². The average molecular weight is 445 g/mol. The van der Waals surface area contributed by atoms with Crippen molar-refractivity contribution < 1.29 is 23.9 Å². The predicted molar refractivity (Wildman–Crippen MR) is 107 cm³/mol. The van der Waals surface area contributed by atoms with Gasteiger partial charge in [0.1, 0.15) is 17.1 Å². The van der Waals surface area contributed by atoms with Crippen LogP contribution in [0.4, 0.5) is 10.5 Å². The van der Waals surface area contributed by atoms with Crippen molar-refractivity contribution in [2.45, 2.75) is 6.92 Å². The number of hydrogen-bond donors (Lipinski definition) is 1. The van der Waals surface area contributed by atoms with Gasteiger partial charge in [-0.2, -0.15) is 0 Å². The van der Waals surface area contributed by atoms with E-state index in [0.29, 0.717) is 23.7 Å². The molecule has 0 saturated carbocycles. The number of amides is 4. The molecule has 0 spiro atoms. The molecule has 1 N–H and O–H groups in total. The van der Waals surface area contributed by atoms with E-state index in [0.717, 1.165) is 9.37 Å². The summed E-state index contributed by atoms with van der Waals surface area (Å²) in [5, 5.41) is 2.20. The van der Waals surface area contributed by atoms with Crippen LogP contribution in [0.1, 0.15) is 12.5 Å². The summed E-state index contributed by atoms with van der Waals surface area (Å²) in [7, 11) is 1.49. The number of nitrogens with zero attached hydrogens (tertiary/aromatic N) is 1. The molecule has 2 aromatic carbocycles. The summed E-state index contributed by atoms with van der Waals surface area (Å²) in [5.74, 6) is -0.679. The third-order valence-electron chi connectivity index (χ3n) is 4.00. The number of halogens is 1. The summed E-state index contributed by atoms with van der Waals surface area (Å²) in [6, 6.07) is 11.0. The molecule has 3 rings (SSSR count). The van der Waals surface area contributed by atoms with E-state index in [1.165, 1.54) is 13.2 Å². The Morgan fingerprint density at radius 1 is 1.11 bits per heavy atom. The zero-order valence-electron chi connectivity index (χ0n) is 15.2. The van der Waals surface area contributed by atoms with Gasteiger partial charge in [-0.15, -0.1) is 0 Å². The van der Waals surface area contributed by atoms with Gasteiger partial charge in [0.25, 0.3) is 11.8 Å². The van der Waals surface area contributed by atoms with Gasteiger partial charge in [0.2, 0.25) is 0 Å². The van der Waals surface area contributed by atoms with Crippen molar-refractivity contribution in [3.8, 4) is 11.5 Å². The van der Waals surface area contributed by atoms with Crippen LogP contribution in [0.5, 0.6) is 11.5 Å². The van der Waals surface area contributed by atoms with Crippen LogP contribution in [0.2, 0.25) is 0 Å². The molecule has 1 heterocycles. The Bertz CT molecular complexity index is 986. The number of methoxy groups -OCH3 is 1. The van der Waals surface area contributed by atoms with Crippen LogP contribution in [-0.2, 0) is 9.59 Å². The minimum Gasteiger partial charge on any atom is -0.496 e. The SMILES string of the molecule is CCOc1ccccc1N1C(=O)NC(=O)/C(=C\c2cc(Br)ccc2OC)C1=O. The van der Waals surface area contributed by atoms with E-state index in [2.05, 4.69) is 21.2 Å². The lowest BCUT2D eigenvalue weighted by Crippen LogP contribution is -2.54. The van der Waals surface area contributed by atoms with Crippen molar-refractivity contribution >= 4 is 45.5 Å². The molecule has 1 saturated heterocycles. The lowest BCUT2D eigenvalue weighted by atomic mass is 10.1. The topological polar surface area (TPSA) is 84.9 Å². The van der Waals surface area contributed by atoms with Gasteiger partial charge in [0.05, 0.1) is 19.4 Å². The minimum absolute atomic E-state index is 0.192. The Labute approximate surface area is 170 Å². The van der Waals surface area contributed by atoms with Gasteiger partial charge in [-0.25, -0.2) is 9.69 Å². The number of benzene rings is 2. The predicted octanol–water partition coefficient (Wildman–Crippen LogP) is 3.52. The third-order valence-corrected chi connectivity index (χ3v) is 4.49. The molecule has 0 aromatic heterocycles. The Balaban J connectivity index is 2.08. The van der Waals surface area contributed by atoms with Gasteiger partial charge in [0, 0.05) is 10.0 Å². The molecule has 0 aliphatic carbocycles. The quantitative estimate of drug-likeness (QED) is 0.563. The number of rotatable bonds is 5. The Morgan fingerprint density at radius 3 is 2.57 bits per heavy atom. The number of carbonyl (C=O) groups is 3. The van der Waals surface area contributed by atoms with E-state index >= 15 is 0 Å². The number of carbonyl (C=O) groups excluding carboxylic acids is 3. The van der Waals surface area contributed by atoms with Crippen LogP contribution >= 0.6 is 15.9 Å². The number of imide groups is 2. The molecular weight excluding hydrogens is 428 g/mol. The molecule has 1 fully saturated rings. The summed E-state index contributed by atoms with van der Waals surface area (Å²) < 4.78 is 11.6. The number of hydrogen-bond acceptors (Lipinski definition) is 5. The van der Waals surface area contributed by atoms with Gasteiger partial charge in [-0.05, 0) is 43.3 Å². The summed E-state index contributed by atoms with van der Waals surface area (Å²) in [6.07, 6.45) is 1.39. The second kappa shape index (κ2) is 8.26. The Morgan fingerprint density at radius 2 is 1.86 bits per heavy atom. The zero-order chi connectivity index (χ0) is 20.3. The highest BCUT2D eigenvalue weighted by Gasteiger charge is 2.38. The fourth-order valence-corrected chi connectivity index (χ4v) is 3.15. The molecule has 1 aliphatic rings. The van der Waals surface area contributed by atoms with Crippen LogP contribution in [0, 0.1) is 0 Å². The second-order valence-corrected chi connectivity index (χ2v) is 6.66. The maximum atomic E-state index is 13.1. The molecule has 0 unspecified atom stereocenters. The number of para-hydroxylation sites is 2. The molecule has 1 aliphatic heterocycles. The van der Waals surface area contributed by atoms with Gasteiger partial charge in [-0.1, -0.05) is 28.1 Å². The van der Waals surface area contributed by atoms with Crippen molar-refractivity contribution in [3.05, 3.63) is 58.1 Å². The summed E-state index contributed by atoms with van der Waals surface area (Å²) in [6.45, 7) is 2.15. The molecular formula is C20H17BrN2O5. The number of barbiturate groups is 1. The lowest BCUT2D eigenvalue weighted by molar-refractivity contribution is -0.122. The van der Waals surface area contributed by atoms with Crippen molar-refractivity contribution in [1.82, 2.24) is 5.32 Å². The van der Waals surface area contributed by atoms with E-state index in [-0.39, 0.29) is 11.3 Å². The minimum atomic E-state index is -0.833. The molecule has 4 amide bonds. The van der Waals surface area contributed by atoms with Crippen LogP contribution in [-0.4, -0.2) is 31.6 Å². The summed E-state index contributed by atoms with van der Waals surface area (Å²) in [4.78, 5) is 38.7. The van der Waals surface area contributed by atoms with Crippen LogP contribution in [0.3, 0.4) is 0 Å². The van der Waals surface area contributed by atoms with Crippen molar-refractivity contribution in [1.29, 1.82) is 0 Å². The first-order valence-corrected chi connectivity index (χ1v) is 9.22. The monoisotopic (exact) mass is 444 g/mol. The van der Waals surface area contributed by atoms with E-state index in [1.54, 1.807) is 49.4 Å². The molecule has 144 valence electrons. The summed E-state index contributed by atoms with van der Waals surface area (Å²) in [5.41, 5.74) is 0.580. The molecule has 0 atom stereocenters. The Hall–Kier alpha value is -3.13. The number of ether oxygens (including phenoxy) is 2. The van der Waals surface area contributed by atoms with E-state index < -0.39 is 17.8 Å². The third kappa shape index (κ3) is 3.77. The van der Waals surface area contributed by atoms with Crippen molar-refractivity contribution in [2.75, 3.05) is 18.6 Å². The molecule has 0 bridgehead atoms. The average Bonchev–Trinajstić information content (AvgIpc) is 2.66. The van der Waals surface area contributed by atoms with Gasteiger partial charge in [-0.3, -0.25) is 14.9 Å². The van der Waals surface area contributed by atoms with Gasteiger partial charge in [0.15, 0.2) is 0 Å². The van der Waals surface area contributed by atoms with E-state index in [4.69, 9.17) is 9.47 Å². The fourth-order valence-electron chi connectivity index (χ4n) is 2.77. The number of anilines is 1. The normalized spacial score (nSPS) is 15.6. The molecule has 28 heavy (non-hydrogen) atoms. The van der Waals surface area contributed by atoms with Crippen LogP contribution in [0.15, 0.2) is 52.5 Å². The molecule has 2 aromatic rings. The first-order chi connectivity index (χ1) is 13.5. The lowest BCUT2D eigenvalue weighted by Gasteiger charge is -2.27. The highest BCUT2D eigenvalue weighted by atomic mass is 79.9. The maximum absolute atomic E-state index is 13.1. The van der Waals surface area contributed by atoms with Crippen molar-refractivity contribution in [2.24, 2.45) is 0 Å². The molecule has 0 radical (unpaired) electrons. The highest BCUT2D eigenvalue weighted by Crippen LogP contribution is 2.32. The smallest absolute Gasteiger partial charge is 0.336 e. The van der Waals surface area contributed by atoms with Crippen LogP contribution in [0.25, 0.3) is 6.08 Å². The van der Waals surface area contributed by atoms with E-state index in [9.17, 15) is 14.4 Å². The van der Waals surface area contributed by atoms with Crippen molar-refractivity contribution in [3.63, 3.8) is 0 Å². The highest BCUT2D eigenvalue weighted by molar-refractivity contribution is 9.10. The van der Waals surface area contributed by atoms with Gasteiger partial charge < -0.3 is 9.47 Å². The number of urea groups is 1. The van der Waals surface area contributed by atoms with E-state index in [1.807, 2.05) is 0 Å². The fraction of sp³-hybridized carbons (Fsp3) is 0.150. The summed E-state index contributed by atoms with van der Waals surface area (Å²) >= 11 is 3.35. The van der Waals surface area contributed by atoms with Gasteiger partial charge >= 0.3 is 6.03 Å². The largest absolute Gasteiger partial charge is 0.496 e. The second-order valence-electron chi connectivity index (χ2n) is 5.74. The zero-order valence-corrected chi connectivity index (χ0v) is 16.8. The standard InChI is InChI=1S/C20H17BrN2O5/c1-3-28-17-7-5-4-6-15(17)23-19(25)14(18(24)22-20(23)26)11-12-10-13(21)8-9-16(12)27-2/h4-11H,3H2,1-2H3,(H,22,24,26)/b14-11+. The first kappa shape index (κ1) is 19.6. The maximum Gasteiger partial charge on any atom is 0.336 e. The number of nitrogens with one attached hydrogen (secondary N) is 1.